The molecule has 0 bridgehead atoms. The largest absolute Gasteiger partial charge is 0.493 e. The number of thioether (sulfide) groups is 1. The predicted molar refractivity (Wildman–Crippen MR) is 103 cm³/mol. The van der Waals surface area contributed by atoms with Crippen LogP contribution in [-0.4, -0.2) is 43.3 Å². The number of hydrogen-bond donors (Lipinski definition) is 2. The van der Waals surface area contributed by atoms with Crippen LogP contribution in [0.5, 0.6) is 11.5 Å². The number of benzene rings is 1. The monoisotopic (exact) mass is 387 g/mol. The Morgan fingerprint density at radius 1 is 1.35 bits per heavy atom. The van der Waals surface area contributed by atoms with E-state index in [-0.39, 0.29) is 16.2 Å². The van der Waals surface area contributed by atoms with Crippen molar-refractivity contribution < 1.29 is 18.3 Å². The number of guanidine groups is 1. The molecule has 1 saturated heterocycles. The molecule has 0 aliphatic carbocycles. The van der Waals surface area contributed by atoms with E-state index in [0.29, 0.717) is 12.5 Å². The summed E-state index contributed by atoms with van der Waals surface area (Å²) in [6.07, 6.45) is 2.44. The van der Waals surface area contributed by atoms with Gasteiger partial charge in [0.1, 0.15) is 0 Å². The second-order valence-corrected chi connectivity index (χ2v) is 8.00. The van der Waals surface area contributed by atoms with Crippen LogP contribution in [-0.2, 0) is 6.54 Å². The van der Waals surface area contributed by atoms with Gasteiger partial charge in [-0.2, -0.15) is 20.5 Å². The summed E-state index contributed by atoms with van der Waals surface area (Å²) in [6, 6.07) is 4.93. The lowest BCUT2D eigenvalue weighted by atomic mass is 10.1. The van der Waals surface area contributed by atoms with E-state index in [4.69, 9.17) is 4.74 Å². The molecule has 1 aliphatic rings. The van der Waals surface area contributed by atoms with Crippen molar-refractivity contribution in [2.24, 2.45) is 4.99 Å². The maximum atomic E-state index is 12.5. The van der Waals surface area contributed by atoms with E-state index in [1.807, 2.05) is 18.7 Å². The Kier molecular flexibility index (Phi) is 7.81. The van der Waals surface area contributed by atoms with Gasteiger partial charge in [-0.3, -0.25) is 0 Å². The van der Waals surface area contributed by atoms with Gasteiger partial charge >= 0.3 is 6.61 Å². The molecular weight excluding hydrogens is 360 g/mol. The fourth-order valence-corrected chi connectivity index (χ4v) is 4.01. The number of ether oxygens (including phenoxy) is 2. The van der Waals surface area contributed by atoms with Gasteiger partial charge < -0.3 is 20.1 Å². The normalized spacial score (nSPS) is 20.3. The Labute approximate surface area is 157 Å². The topological polar surface area (TPSA) is 54.9 Å². The Balaban J connectivity index is 2.03. The Hall–Kier alpha value is -1.70. The molecule has 1 aliphatic heterocycles. The van der Waals surface area contributed by atoms with Crippen LogP contribution in [0.4, 0.5) is 8.78 Å². The number of halogens is 2. The zero-order valence-electron chi connectivity index (χ0n) is 15.5. The average Bonchev–Trinajstić information content (AvgIpc) is 3.04. The molecule has 5 nitrogen and oxygen atoms in total. The minimum Gasteiger partial charge on any atom is -0.493 e. The minimum atomic E-state index is -2.90. The standard InChI is InChI=1S/C18H27F2N3O2S/c1-4-21-17(23-12-18(2)8-5-9-26-18)22-11-13-6-7-14(24-3)15(10-13)25-16(19)20/h6-7,10,16H,4-5,8-9,11-12H2,1-3H3,(H2,21,22,23). The van der Waals surface area contributed by atoms with Crippen LogP contribution in [0.2, 0.25) is 0 Å². The minimum absolute atomic E-state index is 0.0167. The maximum Gasteiger partial charge on any atom is 0.387 e. The lowest BCUT2D eigenvalue weighted by molar-refractivity contribution is -0.0512. The highest BCUT2D eigenvalue weighted by atomic mass is 32.2. The molecule has 0 aromatic heterocycles. The third kappa shape index (κ3) is 6.23. The molecule has 2 rings (SSSR count). The van der Waals surface area contributed by atoms with Gasteiger partial charge in [-0.25, -0.2) is 4.99 Å². The van der Waals surface area contributed by atoms with Crippen molar-refractivity contribution in [2.45, 2.75) is 44.6 Å². The summed E-state index contributed by atoms with van der Waals surface area (Å²) in [5, 5.41) is 6.60. The Morgan fingerprint density at radius 3 is 2.77 bits per heavy atom. The van der Waals surface area contributed by atoms with Crippen LogP contribution in [0.25, 0.3) is 0 Å². The first-order chi connectivity index (χ1) is 12.5. The summed E-state index contributed by atoms with van der Waals surface area (Å²) >= 11 is 1.98. The molecule has 1 aromatic rings. The van der Waals surface area contributed by atoms with Gasteiger partial charge in [-0.1, -0.05) is 6.07 Å². The summed E-state index contributed by atoms with van der Waals surface area (Å²) in [6.45, 7) is 3.31. The number of alkyl halides is 2. The number of nitrogens with zero attached hydrogens (tertiary/aromatic N) is 1. The molecule has 2 N–H and O–H groups in total. The quantitative estimate of drug-likeness (QED) is 0.527. The molecule has 0 spiro atoms. The molecule has 0 amide bonds. The zero-order chi connectivity index (χ0) is 19.0. The zero-order valence-corrected chi connectivity index (χ0v) is 16.3. The summed E-state index contributed by atoms with van der Waals surface area (Å²) in [4.78, 5) is 4.55. The van der Waals surface area contributed by atoms with Crippen molar-refractivity contribution >= 4 is 17.7 Å². The summed E-state index contributed by atoms with van der Waals surface area (Å²) in [5.74, 6) is 2.20. The van der Waals surface area contributed by atoms with Crippen molar-refractivity contribution in [3.05, 3.63) is 23.8 Å². The van der Waals surface area contributed by atoms with Gasteiger partial charge in [0, 0.05) is 17.8 Å². The highest BCUT2D eigenvalue weighted by Gasteiger charge is 2.29. The average molecular weight is 387 g/mol. The van der Waals surface area contributed by atoms with Crippen molar-refractivity contribution in [3.8, 4) is 11.5 Å². The van der Waals surface area contributed by atoms with Crippen LogP contribution in [0, 0.1) is 0 Å². The molecule has 26 heavy (non-hydrogen) atoms. The SMILES string of the molecule is CCNC(=NCc1ccc(OC)c(OC(F)F)c1)NCC1(C)CCCS1. The molecule has 0 radical (unpaired) electrons. The van der Waals surface area contributed by atoms with E-state index < -0.39 is 6.61 Å². The summed E-state index contributed by atoms with van der Waals surface area (Å²) in [5.41, 5.74) is 0.764. The number of aliphatic imine (C=N–C) groups is 1. The van der Waals surface area contributed by atoms with Crippen LogP contribution >= 0.6 is 11.8 Å². The van der Waals surface area contributed by atoms with Gasteiger partial charge in [0.25, 0.3) is 0 Å². The maximum absolute atomic E-state index is 12.5. The lowest BCUT2D eigenvalue weighted by Gasteiger charge is -2.24. The third-order valence-electron chi connectivity index (χ3n) is 4.14. The lowest BCUT2D eigenvalue weighted by Crippen LogP contribution is -2.43. The second kappa shape index (κ2) is 9.85. The van der Waals surface area contributed by atoms with Crippen molar-refractivity contribution in [3.63, 3.8) is 0 Å². The number of rotatable bonds is 8. The smallest absolute Gasteiger partial charge is 0.387 e. The number of hydrogen-bond acceptors (Lipinski definition) is 4. The van der Waals surface area contributed by atoms with E-state index in [9.17, 15) is 8.78 Å². The fraction of sp³-hybridized carbons (Fsp3) is 0.611. The first-order valence-electron chi connectivity index (χ1n) is 8.73. The van der Waals surface area contributed by atoms with E-state index in [1.165, 1.54) is 31.8 Å². The van der Waals surface area contributed by atoms with Crippen molar-refractivity contribution in [1.82, 2.24) is 10.6 Å². The highest BCUT2D eigenvalue weighted by molar-refractivity contribution is 8.00. The van der Waals surface area contributed by atoms with Gasteiger partial charge in [-0.15, -0.1) is 0 Å². The summed E-state index contributed by atoms with van der Waals surface area (Å²) < 4.78 is 34.9. The molecular formula is C18H27F2N3O2S. The molecule has 8 heteroatoms. The van der Waals surface area contributed by atoms with E-state index in [2.05, 4.69) is 27.3 Å². The molecule has 1 heterocycles. The van der Waals surface area contributed by atoms with Gasteiger partial charge in [0.2, 0.25) is 0 Å². The molecule has 1 atom stereocenters. The molecule has 146 valence electrons. The predicted octanol–water partition coefficient (Wildman–Crippen LogP) is 3.64. The molecule has 1 unspecified atom stereocenters. The highest BCUT2D eigenvalue weighted by Crippen LogP contribution is 2.37. The Bertz CT molecular complexity index is 608. The van der Waals surface area contributed by atoms with Crippen LogP contribution in [0.3, 0.4) is 0 Å². The van der Waals surface area contributed by atoms with Crippen molar-refractivity contribution in [1.29, 1.82) is 0 Å². The number of methoxy groups -OCH3 is 1. The molecule has 1 aromatic carbocycles. The van der Waals surface area contributed by atoms with E-state index in [0.717, 1.165) is 18.7 Å². The first kappa shape index (κ1) is 20.6. The van der Waals surface area contributed by atoms with Gasteiger partial charge in [-0.05, 0) is 50.1 Å². The van der Waals surface area contributed by atoms with Gasteiger partial charge in [0.15, 0.2) is 17.5 Å². The second-order valence-electron chi connectivity index (χ2n) is 6.31. The van der Waals surface area contributed by atoms with Gasteiger partial charge in [0.05, 0.1) is 13.7 Å². The van der Waals surface area contributed by atoms with Crippen LogP contribution < -0.4 is 20.1 Å². The summed E-state index contributed by atoms with van der Waals surface area (Å²) in [7, 11) is 1.42. The van der Waals surface area contributed by atoms with Crippen molar-refractivity contribution in [2.75, 3.05) is 26.0 Å². The van der Waals surface area contributed by atoms with Crippen LogP contribution in [0.1, 0.15) is 32.3 Å². The van der Waals surface area contributed by atoms with E-state index >= 15 is 0 Å². The van der Waals surface area contributed by atoms with Crippen LogP contribution in [0.15, 0.2) is 23.2 Å². The fourth-order valence-electron chi connectivity index (χ4n) is 2.77. The molecule has 1 fully saturated rings. The third-order valence-corrected chi connectivity index (χ3v) is 5.68. The first-order valence-corrected chi connectivity index (χ1v) is 9.72. The molecule has 0 saturated carbocycles. The number of nitrogens with one attached hydrogen (secondary N) is 2. The van der Waals surface area contributed by atoms with E-state index in [1.54, 1.807) is 12.1 Å². The Morgan fingerprint density at radius 2 is 2.15 bits per heavy atom.